The fourth-order valence-corrected chi connectivity index (χ4v) is 1.91. The molecule has 1 aromatic carbocycles. The smallest absolute Gasteiger partial charge is 0.305 e. The molecule has 0 aromatic heterocycles. The van der Waals surface area contributed by atoms with Gasteiger partial charge in [0.25, 0.3) is 0 Å². The van der Waals surface area contributed by atoms with Gasteiger partial charge < -0.3 is 15.2 Å². The molecule has 7 heteroatoms. The van der Waals surface area contributed by atoms with Gasteiger partial charge in [-0.05, 0) is 18.1 Å². The largest absolute Gasteiger partial charge is 0.387 e. The first-order valence-electron chi connectivity index (χ1n) is 6.35. The van der Waals surface area contributed by atoms with Crippen LogP contribution in [0.25, 0.3) is 0 Å². The highest BCUT2D eigenvalue weighted by atomic mass is 19.1. The Labute approximate surface area is 116 Å². The lowest BCUT2D eigenvalue weighted by molar-refractivity contribution is -0.387. The number of nitrogens with one attached hydrogen (secondary N) is 1. The van der Waals surface area contributed by atoms with E-state index in [1.165, 1.54) is 6.07 Å². The van der Waals surface area contributed by atoms with Gasteiger partial charge in [0.2, 0.25) is 5.82 Å². The predicted molar refractivity (Wildman–Crippen MR) is 72.0 cm³/mol. The van der Waals surface area contributed by atoms with Gasteiger partial charge >= 0.3 is 5.69 Å². The van der Waals surface area contributed by atoms with Crippen molar-refractivity contribution in [2.24, 2.45) is 0 Å². The maximum atomic E-state index is 13.3. The topological polar surface area (TPSA) is 84.6 Å². The van der Waals surface area contributed by atoms with Crippen LogP contribution in [0, 0.1) is 15.9 Å². The molecule has 0 saturated carbocycles. The first kappa shape index (κ1) is 16.5. The summed E-state index contributed by atoms with van der Waals surface area (Å²) in [5.74, 6) is -0.911. The van der Waals surface area contributed by atoms with Crippen molar-refractivity contribution < 1.29 is 19.2 Å². The molecule has 1 rings (SSSR count). The van der Waals surface area contributed by atoms with E-state index in [1.807, 2.05) is 6.92 Å². The molecular weight excluding hydrogens is 267 g/mol. The molecule has 0 aliphatic heterocycles. The van der Waals surface area contributed by atoms with Crippen LogP contribution in [-0.2, 0) is 4.74 Å². The van der Waals surface area contributed by atoms with Crippen LogP contribution in [0.4, 0.5) is 10.1 Å². The number of halogens is 1. The molecule has 0 spiro atoms. The molecule has 1 aromatic rings. The zero-order valence-corrected chi connectivity index (χ0v) is 11.5. The zero-order chi connectivity index (χ0) is 15.1. The summed E-state index contributed by atoms with van der Waals surface area (Å²) < 4.78 is 18.2. The Hall–Kier alpha value is -1.57. The lowest BCUT2D eigenvalue weighted by atomic mass is 9.99. The Balaban J connectivity index is 2.86. The highest BCUT2D eigenvalue weighted by Gasteiger charge is 2.22. The molecule has 20 heavy (non-hydrogen) atoms. The monoisotopic (exact) mass is 286 g/mol. The molecule has 6 nitrogen and oxygen atoms in total. The quantitative estimate of drug-likeness (QED) is 0.432. The summed E-state index contributed by atoms with van der Waals surface area (Å²) in [4.78, 5) is 9.90. The fraction of sp³-hybridized carbons (Fsp3) is 0.538. The van der Waals surface area contributed by atoms with Gasteiger partial charge in [-0.1, -0.05) is 13.0 Å². The highest BCUT2D eigenvalue weighted by molar-refractivity contribution is 5.37. The molecule has 0 aliphatic carbocycles. The van der Waals surface area contributed by atoms with E-state index in [0.29, 0.717) is 25.1 Å². The molecule has 0 aliphatic rings. The molecule has 0 heterocycles. The molecule has 2 N–H and O–H groups in total. The normalized spacial score (nSPS) is 14.0. The van der Waals surface area contributed by atoms with Gasteiger partial charge in [-0.15, -0.1) is 0 Å². The van der Waals surface area contributed by atoms with Crippen molar-refractivity contribution in [3.8, 4) is 0 Å². The van der Waals surface area contributed by atoms with E-state index in [-0.39, 0.29) is 6.04 Å². The molecule has 112 valence electrons. The molecule has 2 atom stereocenters. The summed E-state index contributed by atoms with van der Waals surface area (Å²) in [5, 5.41) is 24.0. The lowest BCUT2D eigenvalue weighted by Gasteiger charge is -2.23. The third-order valence-electron chi connectivity index (χ3n) is 3.04. The van der Waals surface area contributed by atoms with Gasteiger partial charge in [0, 0.05) is 25.8 Å². The molecule has 0 radical (unpaired) electrons. The fourth-order valence-electron chi connectivity index (χ4n) is 1.91. The van der Waals surface area contributed by atoms with Crippen molar-refractivity contribution in [2.75, 3.05) is 20.3 Å². The Morgan fingerprint density at radius 3 is 2.80 bits per heavy atom. The summed E-state index contributed by atoms with van der Waals surface area (Å²) in [6.45, 7) is 2.92. The van der Waals surface area contributed by atoms with Crippen molar-refractivity contribution in [2.45, 2.75) is 25.5 Å². The Bertz CT molecular complexity index is 456. The minimum atomic E-state index is -0.948. The SMILES string of the molecule is CCC(NCCOC)C(O)c1ccc(F)c([N+](=O)[O-])c1. The number of rotatable bonds is 8. The Morgan fingerprint density at radius 2 is 2.25 bits per heavy atom. The second kappa shape index (κ2) is 7.88. The van der Waals surface area contributed by atoms with Crippen LogP contribution in [0.3, 0.4) is 0 Å². The summed E-state index contributed by atoms with van der Waals surface area (Å²) in [7, 11) is 1.57. The molecule has 0 amide bonds. The second-order valence-corrected chi connectivity index (χ2v) is 4.37. The predicted octanol–water partition coefficient (Wildman–Crippen LogP) is 1.78. The van der Waals surface area contributed by atoms with E-state index >= 15 is 0 Å². The molecule has 2 unspecified atom stereocenters. The van der Waals surface area contributed by atoms with Crippen molar-refractivity contribution in [1.82, 2.24) is 5.32 Å². The molecule has 0 bridgehead atoms. The van der Waals surface area contributed by atoms with E-state index in [0.717, 1.165) is 12.1 Å². The van der Waals surface area contributed by atoms with Crippen LogP contribution in [0.15, 0.2) is 18.2 Å². The molecule has 0 fully saturated rings. The van der Waals surface area contributed by atoms with Crippen molar-refractivity contribution in [3.05, 3.63) is 39.7 Å². The van der Waals surface area contributed by atoms with Crippen LogP contribution in [0.2, 0.25) is 0 Å². The minimum absolute atomic E-state index is 0.282. The summed E-state index contributed by atoms with van der Waals surface area (Å²) in [6, 6.07) is 3.14. The number of methoxy groups -OCH3 is 1. The lowest BCUT2D eigenvalue weighted by Crippen LogP contribution is -2.36. The number of nitrogens with zero attached hydrogens (tertiary/aromatic N) is 1. The number of ether oxygens (including phenoxy) is 1. The summed E-state index contributed by atoms with van der Waals surface area (Å²) in [5.41, 5.74) is -0.317. The average molecular weight is 286 g/mol. The standard InChI is InChI=1S/C13H19FN2O4/c1-3-11(15-6-7-20-2)13(17)9-4-5-10(14)12(8-9)16(18)19/h4-5,8,11,13,15,17H,3,6-7H2,1-2H3. The maximum Gasteiger partial charge on any atom is 0.305 e. The van der Waals surface area contributed by atoms with Crippen molar-refractivity contribution in [1.29, 1.82) is 0 Å². The molecular formula is C13H19FN2O4. The van der Waals surface area contributed by atoms with Gasteiger partial charge in [0.15, 0.2) is 0 Å². The number of nitro benzene ring substituents is 1. The van der Waals surface area contributed by atoms with E-state index in [2.05, 4.69) is 5.32 Å². The van der Waals surface area contributed by atoms with Crippen LogP contribution in [0.1, 0.15) is 25.0 Å². The summed E-state index contributed by atoms with van der Waals surface area (Å²) >= 11 is 0. The minimum Gasteiger partial charge on any atom is -0.387 e. The number of aliphatic hydroxyl groups excluding tert-OH is 1. The number of benzene rings is 1. The van der Waals surface area contributed by atoms with Gasteiger partial charge in [-0.25, -0.2) is 0 Å². The first-order chi connectivity index (χ1) is 9.51. The van der Waals surface area contributed by atoms with Crippen molar-refractivity contribution >= 4 is 5.69 Å². The van der Waals surface area contributed by atoms with E-state index in [4.69, 9.17) is 4.74 Å². The van der Waals surface area contributed by atoms with E-state index in [1.54, 1.807) is 7.11 Å². The van der Waals surface area contributed by atoms with Gasteiger partial charge in [0.1, 0.15) is 0 Å². The zero-order valence-electron chi connectivity index (χ0n) is 11.5. The highest BCUT2D eigenvalue weighted by Crippen LogP contribution is 2.25. The number of hydrogen-bond acceptors (Lipinski definition) is 5. The Kier molecular flexibility index (Phi) is 6.50. The molecule has 0 saturated heterocycles. The second-order valence-electron chi connectivity index (χ2n) is 4.37. The van der Waals surface area contributed by atoms with E-state index in [9.17, 15) is 19.6 Å². The third-order valence-corrected chi connectivity index (χ3v) is 3.04. The first-order valence-corrected chi connectivity index (χ1v) is 6.35. The van der Waals surface area contributed by atoms with Gasteiger partial charge in [-0.3, -0.25) is 10.1 Å². The van der Waals surface area contributed by atoms with Crippen LogP contribution < -0.4 is 5.32 Å². The number of nitro groups is 1. The summed E-state index contributed by atoms with van der Waals surface area (Å²) in [6.07, 6.45) is -0.327. The van der Waals surface area contributed by atoms with Crippen LogP contribution in [-0.4, -0.2) is 36.3 Å². The van der Waals surface area contributed by atoms with Gasteiger partial charge in [-0.2, -0.15) is 4.39 Å². The third kappa shape index (κ3) is 4.22. The van der Waals surface area contributed by atoms with Crippen molar-refractivity contribution in [3.63, 3.8) is 0 Å². The Morgan fingerprint density at radius 1 is 1.55 bits per heavy atom. The maximum absolute atomic E-state index is 13.3. The number of hydrogen-bond donors (Lipinski definition) is 2. The number of aliphatic hydroxyl groups is 1. The van der Waals surface area contributed by atoms with Crippen LogP contribution >= 0.6 is 0 Å². The van der Waals surface area contributed by atoms with Crippen LogP contribution in [0.5, 0.6) is 0 Å². The average Bonchev–Trinajstić information content (AvgIpc) is 2.43. The van der Waals surface area contributed by atoms with Gasteiger partial charge in [0.05, 0.1) is 17.6 Å². The van der Waals surface area contributed by atoms with E-state index < -0.39 is 22.5 Å².